The molecule has 0 unspecified atom stereocenters. The first-order valence-corrected chi connectivity index (χ1v) is 2.76. The summed E-state index contributed by atoms with van der Waals surface area (Å²) < 4.78 is 0. The van der Waals surface area contributed by atoms with Crippen LogP contribution in [0, 0.1) is 0 Å². The van der Waals surface area contributed by atoms with Gasteiger partial charge in [0.2, 0.25) is 5.91 Å². The van der Waals surface area contributed by atoms with Gasteiger partial charge in [-0.15, -0.1) is 0 Å². The van der Waals surface area contributed by atoms with Crippen LogP contribution in [0.5, 0.6) is 0 Å². The monoisotopic (exact) mass is 115 g/mol. The maximum absolute atomic E-state index is 10.3. The smallest absolute Gasteiger partial charge is 0.235 e. The van der Waals surface area contributed by atoms with E-state index in [1.807, 2.05) is 12.3 Å². The van der Waals surface area contributed by atoms with E-state index in [4.69, 9.17) is 5.84 Å². The highest BCUT2D eigenvalue weighted by atomic mass is 16.2. The van der Waals surface area contributed by atoms with Gasteiger partial charge in [0, 0.05) is 6.42 Å². The van der Waals surface area contributed by atoms with Gasteiger partial charge in [-0.2, -0.15) is 5.84 Å². The Hall–Kier alpha value is -0.570. The number of carbonyl (C=O) groups is 1. The molecule has 47 valence electrons. The summed E-state index contributed by atoms with van der Waals surface area (Å²) in [7, 11) is 0. The molecule has 1 radical (unpaired) electrons. The van der Waals surface area contributed by atoms with Crippen molar-refractivity contribution in [3.05, 3.63) is 0 Å². The third-order valence-electron chi connectivity index (χ3n) is 0.897. The van der Waals surface area contributed by atoms with Crippen molar-refractivity contribution in [2.24, 2.45) is 0 Å². The van der Waals surface area contributed by atoms with Crippen LogP contribution in [0.3, 0.4) is 0 Å². The molecule has 0 bridgehead atoms. The quantitative estimate of drug-likeness (QED) is 0.535. The van der Waals surface area contributed by atoms with Crippen molar-refractivity contribution in [2.45, 2.75) is 26.2 Å². The summed E-state index contributed by atoms with van der Waals surface area (Å²) in [5.74, 6) is 6.20. The van der Waals surface area contributed by atoms with Gasteiger partial charge in [-0.1, -0.05) is 13.3 Å². The lowest BCUT2D eigenvalue weighted by atomic mass is 10.2. The fraction of sp³-hybridized carbons (Fsp3) is 0.800. The maximum atomic E-state index is 10.3. The van der Waals surface area contributed by atoms with Crippen LogP contribution in [-0.2, 0) is 4.79 Å². The maximum Gasteiger partial charge on any atom is 0.235 e. The molecule has 0 aromatic heterocycles. The van der Waals surface area contributed by atoms with Crippen molar-refractivity contribution in [3.63, 3.8) is 0 Å². The van der Waals surface area contributed by atoms with Gasteiger partial charge < -0.3 is 0 Å². The molecule has 1 amide bonds. The molecule has 0 aliphatic heterocycles. The zero-order valence-electron chi connectivity index (χ0n) is 5.03. The van der Waals surface area contributed by atoms with Gasteiger partial charge in [0.15, 0.2) is 0 Å². The summed E-state index contributed by atoms with van der Waals surface area (Å²) in [5, 5.41) is 0. The number of unbranched alkanes of at least 4 members (excludes halogenated alkanes) is 1. The summed E-state index contributed by atoms with van der Waals surface area (Å²) in [6, 6.07) is 0. The molecular formula is C5H11N2O. The second-order valence-electron chi connectivity index (χ2n) is 1.65. The molecule has 0 spiro atoms. The van der Waals surface area contributed by atoms with Crippen molar-refractivity contribution in [1.82, 2.24) is 11.3 Å². The first-order chi connectivity index (χ1) is 3.81. The molecule has 0 rings (SSSR count). The summed E-state index contributed by atoms with van der Waals surface area (Å²) in [4.78, 5) is 10.3. The van der Waals surface area contributed by atoms with Gasteiger partial charge in [-0.3, -0.25) is 10.2 Å². The van der Waals surface area contributed by atoms with E-state index in [0.717, 1.165) is 12.8 Å². The van der Waals surface area contributed by atoms with E-state index in [9.17, 15) is 4.79 Å². The molecule has 0 aromatic rings. The number of rotatable bonds is 3. The molecule has 3 nitrogen and oxygen atoms in total. The zero-order valence-corrected chi connectivity index (χ0v) is 5.03. The van der Waals surface area contributed by atoms with E-state index in [1.165, 1.54) is 0 Å². The predicted octanol–water partition coefficient (Wildman–Crippen LogP) is 0.491. The van der Waals surface area contributed by atoms with Crippen molar-refractivity contribution in [3.8, 4) is 0 Å². The lowest BCUT2D eigenvalue weighted by Crippen LogP contribution is -2.19. The molecule has 3 heteroatoms. The molecule has 0 saturated carbocycles. The third-order valence-corrected chi connectivity index (χ3v) is 0.897. The lowest BCUT2D eigenvalue weighted by Gasteiger charge is -1.92. The van der Waals surface area contributed by atoms with Gasteiger partial charge >= 0.3 is 0 Å². The van der Waals surface area contributed by atoms with Crippen LogP contribution in [0.1, 0.15) is 26.2 Å². The van der Waals surface area contributed by atoms with Crippen LogP contribution in [0.2, 0.25) is 0 Å². The minimum atomic E-state index is -0.188. The number of hydrogen-bond donors (Lipinski definition) is 1. The molecule has 0 atom stereocenters. The minimum Gasteiger partial charge on any atom is -0.277 e. The Bertz CT molecular complexity index is 72.8. The first kappa shape index (κ1) is 7.43. The minimum absolute atomic E-state index is 0.188. The number of carbonyl (C=O) groups excluding carboxylic acids is 1. The van der Waals surface area contributed by atoms with Crippen molar-refractivity contribution in [2.75, 3.05) is 0 Å². The van der Waals surface area contributed by atoms with E-state index >= 15 is 0 Å². The van der Waals surface area contributed by atoms with E-state index in [2.05, 4.69) is 0 Å². The van der Waals surface area contributed by atoms with Crippen LogP contribution in [0.4, 0.5) is 0 Å². The normalized spacial score (nSPS) is 8.75. The second-order valence-corrected chi connectivity index (χ2v) is 1.65. The fourth-order valence-electron chi connectivity index (χ4n) is 0.400. The topological polar surface area (TPSA) is 52.9 Å². The van der Waals surface area contributed by atoms with E-state index in [0.29, 0.717) is 6.42 Å². The Kier molecular flexibility index (Phi) is 4.26. The average molecular weight is 115 g/mol. The average Bonchev–Trinajstić information content (AvgIpc) is 1.83. The number of nitrogens with one attached hydrogen (secondary N) is 2. The summed E-state index contributed by atoms with van der Waals surface area (Å²) >= 11 is 0. The second kappa shape index (κ2) is 4.59. The summed E-state index contributed by atoms with van der Waals surface area (Å²) in [5.41, 5.74) is 1.81. The highest BCUT2D eigenvalue weighted by Gasteiger charge is 1.93. The van der Waals surface area contributed by atoms with Crippen molar-refractivity contribution < 1.29 is 4.79 Å². The van der Waals surface area contributed by atoms with Gasteiger partial charge in [-0.25, -0.2) is 0 Å². The molecule has 8 heavy (non-hydrogen) atoms. The lowest BCUT2D eigenvalue weighted by molar-refractivity contribution is -0.121. The first-order valence-electron chi connectivity index (χ1n) is 2.76. The molecule has 0 heterocycles. The largest absolute Gasteiger partial charge is 0.277 e. The van der Waals surface area contributed by atoms with Gasteiger partial charge in [0.1, 0.15) is 0 Å². The number of hydrogen-bond acceptors (Lipinski definition) is 1. The van der Waals surface area contributed by atoms with Crippen LogP contribution < -0.4 is 11.3 Å². The SMILES string of the molecule is CCCCC(=O)N[NH]. The zero-order chi connectivity index (χ0) is 6.41. The molecule has 0 aliphatic rings. The van der Waals surface area contributed by atoms with Gasteiger partial charge in [0.05, 0.1) is 0 Å². The van der Waals surface area contributed by atoms with Crippen LogP contribution in [-0.4, -0.2) is 5.91 Å². The van der Waals surface area contributed by atoms with Crippen molar-refractivity contribution >= 4 is 5.91 Å². The Morgan fingerprint density at radius 1 is 1.75 bits per heavy atom. The van der Waals surface area contributed by atoms with Gasteiger partial charge in [-0.05, 0) is 6.42 Å². The highest BCUT2D eigenvalue weighted by molar-refractivity contribution is 5.74. The molecule has 2 N–H and O–H groups in total. The standard InChI is InChI=1S/C5H11N2O/c1-2-3-4-5(8)7-6/h6H,2-4H2,1H3,(H,7,8). The predicted molar refractivity (Wildman–Crippen MR) is 30.8 cm³/mol. The fourth-order valence-corrected chi connectivity index (χ4v) is 0.400. The molecule has 0 saturated heterocycles. The van der Waals surface area contributed by atoms with E-state index in [-0.39, 0.29) is 5.91 Å². The van der Waals surface area contributed by atoms with E-state index in [1.54, 1.807) is 0 Å². The Morgan fingerprint density at radius 3 is 2.75 bits per heavy atom. The Morgan fingerprint density at radius 2 is 2.38 bits per heavy atom. The van der Waals surface area contributed by atoms with Crippen molar-refractivity contribution in [1.29, 1.82) is 0 Å². The van der Waals surface area contributed by atoms with Crippen LogP contribution in [0.25, 0.3) is 0 Å². The Balaban J connectivity index is 2.99. The molecule has 0 fully saturated rings. The third kappa shape index (κ3) is 3.61. The van der Waals surface area contributed by atoms with Crippen LogP contribution >= 0.6 is 0 Å². The van der Waals surface area contributed by atoms with Gasteiger partial charge in [0.25, 0.3) is 0 Å². The highest BCUT2D eigenvalue weighted by Crippen LogP contribution is 1.91. The molecule has 0 aliphatic carbocycles. The van der Waals surface area contributed by atoms with Crippen LogP contribution in [0.15, 0.2) is 0 Å². The molecule has 0 aromatic carbocycles. The molecular weight excluding hydrogens is 104 g/mol. The Labute approximate surface area is 49.2 Å². The summed E-state index contributed by atoms with van der Waals surface area (Å²) in [6.45, 7) is 2.01. The number of amides is 1. The summed E-state index contributed by atoms with van der Waals surface area (Å²) in [6.07, 6.45) is 2.37. The van der Waals surface area contributed by atoms with E-state index < -0.39 is 0 Å².